The molecular weight excluding hydrogens is 646 g/mol. The van der Waals surface area contributed by atoms with Crippen molar-refractivity contribution in [3.8, 4) is 0 Å². The summed E-state index contributed by atoms with van der Waals surface area (Å²) >= 11 is 0. The molecule has 1 aliphatic carbocycles. The first-order valence-electron chi connectivity index (χ1n) is 15.9. The van der Waals surface area contributed by atoms with Gasteiger partial charge in [-0.15, -0.1) is 0 Å². The lowest BCUT2D eigenvalue weighted by molar-refractivity contribution is -0.357. The minimum atomic E-state index is -1.60. The van der Waals surface area contributed by atoms with Crippen LogP contribution >= 0.6 is 0 Å². The van der Waals surface area contributed by atoms with E-state index in [4.69, 9.17) is 71.0 Å². The van der Waals surface area contributed by atoms with Crippen LogP contribution in [0.15, 0.2) is 22.8 Å². The SMILES string of the molecule is NC[C@@H]1O[C@H](O[C@H]2[C@@H](O)[C@H](O[C@@H]3[C@@H](O)[C@H](N)C[C@H](N)[C@H]3O[C@H]3O[C@@H]4CO[C@@H](c5ccco5)O[C@H]4[C@H](O)[C@H]3N)O[C@@H]2CO)[C@H](N)[C@@H](O)[C@@H]1O. The molecule has 1 aromatic rings. The summed E-state index contributed by atoms with van der Waals surface area (Å²) in [5.74, 6) is 0.406. The molecule has 0 spiro atoms. The normalized spacial score (nSPS) is 51.5. The van der Waals surface area contributed by atoms with E-state index in [9.17, 15) is 30.6 Å². The van der Waals surface area contributed by atoms with Crippen LogP contribution in [-0.2, 0) is 37.9 Å². The van der Waals surface area contributed by atoms with Crippen molar-refractivity contribution in [3.05, 3.63) is 24.2 Å². The van der Waals surface area contributed by atoms with Gasteiger partial charge in [0.1, 0.15) is 67.1 Å². The second kappa shape index (κ2) is 15.0. The van der Waals surface area contributed by atoms with Crippen LogP contribution in [0.1, 0.15) is 18.5 Å². The Morgan fingerprint density at radius 1 is 0.708 bits per heavy atom. The van der Waals surface area contributed by atoms with Crippen molar-refractivity contribution < 1.29 is 73.0 Å². The maximum Gasteiger partial charge on any atom is 0.217 e. The van der Waals surface area contributed by atoms with Crippen LogP contribution in [0.4, 0.5) is 0 Å². The second-order valence-corrected chi connectivity index (χ2v) is 12.8. The van der Waals surface area contributed by atoms with E-state index in [1.165, 1.54) is 6.26 Å². The van der Waals surface area contributed by atoms with E-state index < -0.39 is 129 Å². The summed E-state index contributed by atoms with van der Waals surface area (Å²) in [6, 6.07) is -0.747. The molecule has 0 radical (unpaired) electrons. The highest BCUT2D eigenvalue weighted by Crippen LogP contribution is 2.37. The summed E-state index contributed by atoms with van der Waals surface area (Å²) in [6.45, 7) is -0.799. The topological polar surface area (TPSA) is 338 Å². The van der Waals surface area contributed by atoms with Gasteiger partial charge in [0, 0.05) is 18.6 Å². The zero-order chi connectivity index (χ0) is 34.4. The average Bonchev–Trinajstić information content (AvgIpc) is 3.72. The summed E-state index contributed by atoms with van der Waals surface area (Å²) in [4.78, 5) is 0. The molecule has 0 bridgehead atoms. The van der Waals surface area contributed by atoms with Gasteiger partial charge in [-0.05, 0) is 18.6 Å². The highest BCUT2D eigenvalue weighted by atomic mass is 16.8. The van der Waals surface area contributed by atoms with Gasteiger partial charge in [-0.3, -0.25) is 0 Å². The monoisotopic (exact) mass is 693 g/mol. The molecule has 1 aromatic heterocycles. The molecule has 4 aliphatic heterocycles. The van der Waals surface area contributed by atoms with Crippen molar-refractivity contribution in [2.45, 2.75) is 129 Å². The number of hydrogen-bond donors (Lipinski definition) is 11. The number of aliphatic hydroxyl groups is 6. The lowest BCUT2D eigenvalue weighted by Gasteiger charge is -2.49. The van der Waals surface area contributed by atoms with Crippen LogP contribution in [0.3, 0.4) is 0 Å². The van der Waals surface area contributed by atoms with Crippen molar-refractivity contribution in [2.24, 2.45) is 28.7 Å². The summed E-state index contributed by atoms with van der Waals surface area (Å²) in [7, 11) is 0. The summed E-state index contributed by atoms with van der Waals surface area (Å²) in [5.41, 5.74) is 30.6. The quantitative estimate of drug-likeness (QED) is 0.114. The third kappa shape index (κ3) is 6.90. The Labute approximate surface area is 274 Å². The zero-order valence-electron chi connectivity index (χ0n) is 25.9. The first kappa shape index (κ1) is 36.3. The number of rotatable bonds is 9. The fraction of sp³-hybridized carbons (Fsp3) is 0.857. The maximum atomic E-state index is 11.2. The van der Waals surface area contributed by atoms with E-state index >= 15 is 0 Å². The van der Waals surface area contributed by atoms with E-state index in [0.717, 1.165) is 0 Å². The fourth-order valence-electron chi connectivity index (χ4n) is 6.78. The van der Waals surface area contributed by atoms with E-state index in [-0.39, 0.29) is 19.6 Å². The van der Waals surface area contributed by atoms with Gasteiger partial charge in [-0.1, -0.05) is 0 Å². The zero-order valence-corrected chi connectivity index (χ0v) is 25.9. The molecule has 0 aromatic carbocycles. The molecule has 16 N–H and O–H groups in total. The molecule has 5 aliphatic rings. The lowest BCUT2D eigenvalue weighted by atomic mass is 9.84. The molecule has 20 atom stereocenters. The highest BCUT2D eigenvalue weighted by Gasteiger charge is 2.55. The van der Waals surface area contributed by atoms with Crippen LogP contribution in [0.25, 0.3) is 0 Å². The Morgan fingerprint density at radius 3 is 2.06 bits per heavy atom. The van der Waals surface area contributed by atoms with Crippen molar-refractivity contribution in [3.63, 3.8) is 0 Å². The maximum absolute atomic E-state index is 11.2. The lowest BCUT2D eigenvalue weighted by Crippen LogP contribution is -2.69. The Balaban J connectivity index is 1.14. The molecule has 274 valence electrons. The van der Waals surface area contributed by atoms with Crippen LogP contribution in [0.2, 0.25) is 0 Å². The highest BCUT2D eigenvalue weighted by molar-refractivity contribution is 5.05. The van der Waals surface area contributed by atoms with Crippen LogP contribution in [0, 0.1) is 0 Å². The van der Waals surface area contributed by atoms with E-state index in [1.807, 2.05) is 0 Å². The molecule has 4 saturated heterocycles. The van der Waals surface area contributed by atoms with Gasteiger partial charge in [-0.2, -0.15) is 0 Å². The molecular formula is C28H47N5O15. The standard InChI is InChI=1S/C28H47N5O15/c29-5-11-17(36)18(37)14(32)26(42-11)47-22-12(6-34)43-28(20(22)39)48-24-16(35)8(30)4-9(31)21(24)45-27-15(33)19(38)23-13(44-27)7-41-25(46-23)10-2-1-3-40-10/h1-3,8-9,11-28,34-39H,4-7,29-33H2/t8-,9+,11+,12-,13-,14-,15-,16+,17-,18-,19-,20-,21-,22-,23-,24-,25-,26-,27-,28+/m1/s1. The van der Waals surface area contributed by atoms with Gasteiger partial charge in [0.15, 0.2) is 24.6 Å². The van der Waals surface area contributed by atoms with E-state index in [2.05, 4.69) is 0 Å². The fourth-order valence-corrected chi connectivity index (χ4v) is 6.78. The third-order valence-electron chi connectivity index (χ3n) is 9.58. The Kier molecular flexibility index (Phi) is 11.4. The summed E-state index contributed by atoms with van der Waals surface area (Å²) in [5, 5.41) is 64.1. The molecule has 20 heteroatoms. The molecule has 0 amide bonds. The molecule has 5 heterocycles. The third-order valence-corrected chi connectivity index (χ3v) is 9.58. The van der Waals surface area contributed by atoms with Crippen molar-refractivity contribution in [1.82, 2.24) is 0 Å². The van der Waals surface area contributed by atoms with E-state index in [1.54, 1.807) is 12.1 Å². The minimum Gasteiger partial charge on any atom is -0.464 e. The molecule has 1 saturated carbocycles. The van der Waals surface area contributed by atoms with Gasteiger partial charge in [0.25, 0.3) is 0 Å². The van der Waals surface area contributed by atoms with Crippen molar-refractivity contribution >= 4 is 0 Å². The molecule has 20 nitrogen and oxygen atoms in total. The number of hydrogen-bond acceptors (Lipinski definition) is 20. The first-order chi connectivity index (χ1) is 22.9. The Hall–Kier alpha value is -1.48. The van der Waals surface area contributed by atoms with Crippen LogP contribution < -0.4 is 28.7 Å². The Bertz CT molecular complexity index is 1170. The van der Waals surface area contributed by atoms with Crippen molar-refractivity contribution in [1.29, 1.82) is 0 Å². The summed E-state index contributed by atoms with van der Waals surface area (Å²) < 4.78 is 52.5. The van der Waals surface area contributed by atoms with Crippen molar-refractivity contribution in [2.75, 3.05) is 19.8 Å². The molecule has 48 heavy (non-hydrogen) atoms. The predicted molar refractivity (Wildman–Crippen MR) is 156 cm³/mol. The number of furan rings is 1. The van der Waals surface area contributed by atoms with Gasteiger partial charge in [0.2, 0.25) is 6.29 Å². The van der Waals surface area contributed by atoms with Gasteiger partial charge in [-0.25, -0.2) is 0 Å². The predicted octanol–water partition coefficient (Wildman–Crippen LogP) is -6.51. The number of ether oxygens (including phenoxy) is 8. The molecule has 0 unspecified atom stereocenters. The van der Waals surface area contributed by atoms with Crippen LogP contribution in [-0.4, -0.2) is 167 Å². The largest absolute Gasteiger partial charge is 0.464 e. The number of fused-ring (bicyclic) bond motifs is 1. The van der Waals surface area contributed by atoms with Gasteiger partial charge in [0.05, 0.1) is 37.7 Å². The first-order valence-corrected chi connectivity index (χ1v) is 15.9. The van der Waals surface area contributed by atoms with Gasteiger partial charge < -0.3 is 102 Å². The van der Waals surface area contributed by atoms with E-state index in [0.29, 0.717) is 5.76 Å². The number of nitrogens with two attached hydrogens (primary N) is 5. The average molecular weight is 694 g/mol. The van der Waals surface area contributed by atoms with Crippen LogP contribution in [0.5, 0.6) is 0 Å². The smallest absolute Gasteiger partial charge is 0.217 e. The summed E-state index contributed by atoms with van der Waals surface area (Å²) in [6.07, 6.45) is -18.2. The Morgan fingerprint density at radius 2 is 1.38 bits per heavy atom. The molecule has 6 rings (SSSR count). The minimum absolute atomic E-state index is 0.00620. The number of aliphatic hydroxyl groups excluding tert-OH is 6. The second-order valence-electron chi connectivity index (χ2n) is 12.8. The molecule has 5 fully saturated rings. The van der Waals surface area contributed by atoms with Gasteiger partial charge >= 0.3 is 0 Å².